The largest absolute Gasteiger partial charge is 0.425 e. The van der Waals surface area contributed by atoms with Gasteiger partial charge in [-0.2, -0.15) is 5.10 Å². The van der Waals surface area contributed by atoms with Crippen LogP contribution in [0.1, 0.15) is 28.5 Å². The first kappa shape index (κ1) is 14.6. The van der Waals surface area contributed by atoms with Crippen LogP contribution in [0.15, 0.2) is 47.0 Å². The van der Waals surface area contributed by atoms with Gasteiger partial charge in [-0.05, 0) is 41.8 Å². The molecule has 6 heteroatoms. The Morgan fingerprint density at radius 3 is 2.75 bits per heavy atom. The first-order chi connectivity index (χ1) is 11.7. The Hall–Kier alpha value is -3.02. The molecule has 0 fully saturated rings. The summed E-state index contributed by atoms with van der Waals surface area (Å²) >= 11 is 0. The number of aromatic nitrogens is 4. The maximum absolute atomic E-state index is 13.2. The number of nitrogens with one attached hydrogen (secondary N) is 1. The second-order valence-electron chi connectivity index (χ2n) is 5.75. The van der Waals surface area contributed by atoms with Crippen LogP contribution in [0.25, 0.3) is 10.9 Å². The summed E-state index contributed by atoms with van der Waals surface area (Å²) in [6, 6.07) is 10.4. The van der Waals surface area contributed by atoms with Crippen molar-refractivity contribution in [1.82, 2.24) is 20.4 Å². The highest BCUT2D eigenvalue weighted by molar-refractivity contribution is 5.82. The Morgan fingerprint density at radius 2 is 1.92 bits per heavy atom. The van der Waals surface area contributed by atoms with E-state index in [-0.39, 0.29) is 5.82 Å². The summed E-state index contributed by atoms with van der Waals surface area (Å²) in [6.07, 6.45) is 2.80. The lowest BCUT2D eigenvalue weighted by Crippen LogP contribution is -1.92. The molecule has 0 atom stereocenters. The third kappa shape index (κ3) is 2.78. The van der Waals surface area contributed by atoms with Gasteiger partial charge in [0, 0.05) is 5.39 Å². The third-order valence-electron chi connectivity index (χ3n) is 4.10. The molecule has 4 rings (SSSR count). The van der Waals surface area contributed by atoms with Crippen LogP contribution < -0.4 is 0 Å². The number of hydrogen-bond acceptors (Lipinski definition) is 4. The van der Waals surface area contributed by atoms with E-state index in [1.807, 2.05) is 24.4 Å². The number of H-pyrrole nitrogens is 1. The van der Waals surface area contributed by atoms with Crippen LogP contribution in [0.5, 0.6) is 0 Å². The zero-order valence-electron chi connectivity index (χ0n) is 13.1. The van der Waals surface area contributed by atoms with Crippen molar-refractivity contribution in [1.29, 1.82) is 0 Å². The topological polar surface area (TPSA) is 67.6 Å². The van der Waals surface area contributed by atoms with Crippen LogP contribution in [0.3, 0.4) is 0 Å². The van der Waals surface area contributed by atoms with Gasteiger partial charge in [-0.25, -0.2) is 4.39 Å². The molecular weight excluding hydrogens is 307 g/mol. The summed E-state index contributed by atoms with van der Waals surface area (Å²) in [5, 5.41) is 16.3. The van der Waals surface area contributed by atoms with Gasteiger partial charge >= 0.3 is 0 Å². The number of aryl methyl sites for hydroxylation is 1. The van der Waals surface area contributed by atoms with Gasteiger partial charge in [0.1, 0.15) is 5.82 Å². The minimum atomic E-state index is -0.267. The molecular formula is C18H15FN4O. The summed E-state index contributed by atoms with van der Waals surface area (Å²) in [4.78, 5) is 0. The molecule has 5 nitrogen and oxygen atoms in total. The van der Waals surface area contributed by atoms with Crippen LogP contribution in [0, 0.1) is 12.7 Å². The quantitative estimate of drug-likeness (QED) is 0.623. The molecule has 0 bridgehead atoms. The number of rotatable bonds is 4. The van der Waals surface area contributed by atoms with Crippen molar-refractivity contribution in [2.75, 3.05) is 0 Å². The van der Waals surface area contributed by atoms with E-state index in [9.17, 15) is 4.39 Å². The maximum atomic E-state index is 13.2. The van der Waals surface area contributed by atoms with Gasteiger partial charge in [0.25, 0.3) is 0 Å². The van der Waals surface area contributed by atoms with Crippen molar-refractivity contribution in [2.24, 2.45) is 0 Å². The second-order valence-corrected chi connectivity index (χ2v) is 5.75. The summed E-state index contributed by atoms with van der Waals surface area (Å²) < 4.78 is 18.9. The molecule has 1 N–H and O–H groups in total. The number of hydrogen-bond donors (Lipinski definition) is 1. The van der Waals surface area contributed by atoms with Crippen LogP contribution in [-0.4, -0.2) is 20.4 Å². The van der Waals surface area contributed by atoms with E-state index < -0.39 is 0 Å². The predicted molar refractivity (Wildman–Crippen MR) is 87.1 cm³/mol. The summed E-state index contributed by atoms with van der Waals surface area (Å²) in [5.41, 5.74) is 4.07. The maximum Gasteiger partial charge on any atom is 0.220 e. The van der Waals surface area contributed by atoms with E-state index in [1.54, 1.807) is 6.07 Å². The summed E-state index contributed by atoms with van der Waals surface area (Å²) in [6.45, 7) is 2.05. The highest BCUT2D eigenvalue weighted by atomic mass is 19.1. The minimum Gasteiger partial charge on any atom is -0.425 e. The normalized spacial score (nSPS) is 11.2. The Balaban J connectivity index is 1.55. The van der Waals surface area contributed by atoms with E-state index in [2.05, 4.69) is 27.3 Å². The van der Waals surface area contributed by atoms with Gasteiger partial charge in [0.2, 0.25) is 11.8 Å². The molecule has 2 aromatic carbocycles. The molecule has 120 valence electrons. The lowest BCUT2D eigenvalue weighted by Gasteiger charge is -2.03. The lowest BCUT2D eigenvalue weighted by molar-refractivity contribution is 0.466. The minimum absolute atomic E-state index is 0.267. The van der Waals surface area contributed by atoms with Crippen molar-refractivity contribution in [3.63, 3.8) is 0 Å². The van der Waals surface area contributed by atoms with Gasteiger partial charge in [-0.3, -0.25) is 5.10 Å². The van der Waals surface area contributed by atoms with E-state index in [0.717, 1.165) is 27.6 Å². The van der Waals surface area contributed by atoms with Crippen molar-refractivity contribution < 1.29 is 8.81 Å². The number of aromatic amines is 1. The molecule has 2 aromatic heterocycles. The average Bonchev–Trinajstić information content (AvgIpc) is 3.20. The highest BCUT2D eigenvalue weighted by Gasteiger charge is 2.11. The Labute approximate surface area is 137 Å². The van der Waals surface area contributed by atoms with Crippen LogP contribution in [-0.2, 0) is 12.8 Å². The SMILES string of the molecule is Cc1c(Cc2nnc(Cc3cccc(F)c3)o2)ccc2[nH]ncc12. The van der Waals surface area contributed by atoms with Gasteiger partial charge in [0.15, 0.2) is 0 Å². The fourth-order valence-electron chi connectivity index (χ4n) is 2.81. The van der Waals surface area contributed by atoms with E-state index in [4.69, 9.17) is 4.42 Å². The molecule has 0 saturated heterocycles. The zero-order chi connectivity index (χ0) is 16.5. The van der Waals surface area contributed by atoms with Gasteiger partial charge in [-0.15, -0.1) is 10.2 Å². The van der Waals surface area contributed by atoms with Gasteiger partial charge < -0.3 is 4.42 Å². The first-order valence-corrected chi connectivity index (χ1v) is 7.66. The molecule has 0 aliphatic carbocycles. The smallest absolute Gasteiger partial charge is 0.220 e. The number of benzene rings is 2. The first-order valence-electron chi connectivity index (χ1n) is 7.66. The monoisotopic (exact) mass is 322 g/mol. The Morgan fingerprint density at radius 1 is 1.08 bits per heavy atom. The van der Waals surface area contributed by atoms with Gasteiger partial charge in [0.05, 0.1) is 24.6 Å². The van der Waals surface area contributed by atoms with Gasteiger partial charge in [-0.1, -0.05) is 18.2 Å². The molecule has 0 amide bonds. The van der Waals surface area contributed by atoms with Crippen LogP contribution >= 0.6 is 0 Å². The third-order valence-corrected chi connectivity index (χ3v) is 4.10. The molecule has 0 aliphatic rings. The van der Waals surface area contributed by atoms with Crippen LogP contribution in [0.2, 0.25) is 0 Å². The molecule has 0 saturated carbocycles. The highest BCUT2D eigenvalue weighted by Crippen LogP contribution is 2.22. The van der Waals surface area contributed by atoms with Crippen molar-refractivity contribution in [2.45, 2.75) is 19.8 Å². The fraction of sp³-hybridized carbons (Fsp3) is 0.167. The number of halogens is 1. The zero-order valence-corrected chi connectivity index (χ0v) is 13.1. The fourth-order valence-corrected chi connectivity index (χ4v) is 2.81. The van der Waals surface area contributed by atoms with Crippen LogP contribution in [0.4, 0.5) is 4.39 Å². The van der Waals surface area contributed by atoms with Crippen molar-refractivity contribution in [3.05, 3.63) is 76.9 Å². The van der Waals surface area contributed by atoms with E-state index in [1.165, 1.54) is 12.1 Å². The Kier molecular flexibility index (Phi) is 3.57. The van der Waals surface area contributed by atoms with E-state index in [0.29, 0.717) is 24.6 Å². The molecule has 0 aliphatic heterocycles. The van der Waals surface area contributed by atoms with E-state index >= 15 is 0 Å². The summed E-state index contributed by atoms with van der Waals surface area (Å²) in [7, 11) is 0. The number of fused-ring (bicyclic) bond motifs is 1. The lowest BCUT2D eigenvalue weighted by atomic mass is 10.0. The molecule has 0 spiro atoms. The average molecular weight is 322 g/mol. The summed E-state index contributed by atoms with van der Waals surface area (Å²) in [5.74, 6) is 0.765. The predicted octanol–water partition coefficient (Wildman–Crippen LogP) is 3.58. The molecule has 4 aromatic rings. The standard InChI is InChI=1S/C18H15FN4O/c1-11-13(5-6-16-15(11)10-20-21-16)9-18-23-22-17(24-18)8-12-3-2-4-14(19)7-12/h2-7,10H,8-9H2,1H3,(H,20,21). The molecule has 0 radical (unpaired) electrons. The molecule has 24 heavy (non-hydrogen) atoms. The molecule has 0 unspecified atom stereocenters. The number of nitrogens with zero attached hydrogens (tertiary/aromatic N) is 3. The van der Waals surface area contributed by atoms with Crippen molar-refractivity contribution >= 4 is 10.9 Å². The second kappa shape index (κ2) is 5.88. The van der Waals surface area contributed by atoms with Crippen molar-refractivity contribution in [3.8, 4) is 0 Å². The molecule has 2 heterocycles. The Bertz CT molecular complexity index is 1010.